The van der Waals surface area contributed by atoms with Crippen LogP contribution in [-0.2, 0) is 22.7 Å². The van der Waals surface area contributed by atoms with Crippen molar-refractivity contribution in [1.82, 2.24) is 15.1 Å². The molecule has 2 aromatic carbocycles. The van der Waals surface area contributed by atoms with Gasteiger partial charge >= 0.3 is 0 Å². The van der Waals surface area contributed by atoms with Crippen LogP contribution in [0.4, 0.5) is 5.69 Å². The molecule has 218 valence electrons. The summed E-state index contributed by atoms with van der Waals surface area (Å²) in [5, 5.41) is 13.1. The van der Waals surface area contributed by atoms with E-state index >= 15 is 0 Å². The van der Waals surface area contributed by atoms with Gasteiger partial charge < -0.3 is 24.6 Å². The van der Waals surface area contributed by atoms with Gasteiger partial charge in [-0.3, -0.25) is 14.5 Å². The van der Waals surface area contributed by atoms with Gasteiger partial charge in [0.25, 0.3) is 0 Å². The van der Waals surface area contributed by atoms with Gasteiger partial charge in [0, 0.05) is 62.5 Å². The predicted octanol–water partition coefficient (Wildman–Crippen LogP) is 4.28. The highest BCUT2D eigenvalue weighted by atomic mass is 16.3. The first kappa shape index (κ1) is 28.9. The number of piperidine rings is 1. The maximum Gasteiger partial charge on any atom is 0.244 e. The Balaban J connectivity index is 1.29. The lowest BCUT2D eigenvalue weighted by atomic mass is 10.0. The number of carbonyl (C=O) groups is 2. The number of aliphatic hydroxyl groups is 1. The lowest BCUT2D eigenvalue weighted by Crippen LogP contribution is -2.64. The minimum Gasteiger partial charge on any atom is -0.464 e. The minimum atomic E-state index is -0.576. The molecule has 1 aromatic heterocycles. The third-order valence-electron chi connectivity index (χ3n) is 8.23. The van der Waals surface area contributed by atoms with Crippen molar-refractivity contribution >= 4 is 17.5 Å². The Labute approximate surface area is 242 Å². The van der Waals surface area contributed by atoms with E-state index in [1.54, 1.807) is 11.2 Å². The number of carbonyl (C=O) groups excluding carboxylic acids is 2. The maximum absolute atomic E-state index is 13.7. The van der Waals surface area contributed by atoms with Gasteiger partial charge in [0.05, 0.1) is 12.4 Å². The molecule has 2 saturated heterocycles. The largest absolute Gasteiger partial charge is 0.464 e. The number of hydrogen-bond donors (Lipinski definition) is 2. The first-order valence-electron chi connectivity index (χ1n) is 14.8. The van der Waals surface area contributed by atoms with Gasteiger partial charge in [-0.05, 0) is 49.1 Å². The van der Waals surface area contributed by atoms with Gasteiger partial charge in [-0.2, -0.15) is 0 Å². The fourth-order valence-electron chi connectivity index (χ4n) is 6.02. The molecular formula is C33H42N4O4. The molecule has 2 fully saturated rings. The van der Waals surface area contributed by atoms with Crippen molar-refractivity contribution in [3.8, 4) is 11.3 Å². The SMILES string of the molecule is CC(C)C(=O)N1C(C)CN(Cc2ccccc2N2CCC(O)CC2)CC1C(=O)NCc1ccc(-c2ccco2)cc1. The van der Waals surface area contributed by atoms with E-state index in [0.29, 0.717) is 26.2 Å². The van der Waals surface area contributed by atoms with Gasteiger partial charge in [-0.25, -0.2) is 0 Å². The van der Waals surface area contributed by atoms with Crippen molar-refractivity contribution < 1.29 is 19.1 Å². The molecule has 0 saturated carbocycles. The lowest BCUT2D eigenvalue weighted by molar-refractivity contribution is -0.150. The first-order valence-corrected chi connectivity index (χ1v) is 14.8. The Morgan fingerprint density at radius 3 is 2.41 bits per heavy atom. The molecule has 2 aliphatic rings. The fraction of sp³-hybridized carbons (Fsp3) is 0.455. The summed E-state index contributed by atoms with van der Waals surface area (Å²) in [7, 11) is 0. The Kier molecular flexibility index (Phi) is 9.10. The number of benzene rings is 2. The molecule has 2 unspecified atom stereocenters. The fourth-order valence-corrected chi connectivity index (χ4v) is 6.02. The predicted molar refractivity (Wildman–Crippen MR) is 160 cm³/mol. The van der Waals surface area contributed by atoms with Gasteiger partial charge in [-0.1, -0.05) is 56.3 Å². The second-order valence-corrected chi connectivity index (χ2v) is 11.7. The normalized spacial score (nSPS) is 20.4. The van der Waals surface area contributed by atoms with Crippen LogP contribution in [0.3, 0.4) is 0 Å². The van der Waals surface area contributed by atoms with Crippen LogP contribution in [0, 0.1) is 5.92 Å². The van der Waals surface area contributed by atoms with Crippen molar-refractivity contribution in [2.24, 2.45) is 5.92 Å². The van der Waals surface area contributed by atoms with E-state index in [4.69, 9.17) is 4.42 Å². The molecule has 3 aromatic rings. The van der Waals surface area contributed by atoms with Crippen molar-refractivity contribution in [3.63, 3.8) is 0 Å². The maximum atomic E-state index is 13.7. The molecule has 8 nitrogen and oxygen atoms in total. The number of para-hydroxylation sites is 1. The number of piperazine rings is 1. The zero-order valence-electron chi connectivity index (χ0n) is 24.3. The molecule has 0 aliphatic carbocycles. The zero-order valence-corrected chi connectivity index (χ0v) is 24.3. The van der Waals surface area contributed by atoms with E-state index in [2.05, 4.69) is 39.4 Å². The molecule has 8 heteroatoms. The number of rotatable bonds is 8. The van der Waals surface area contributed by atoms with Crippen molar-refractivity contribution in [2.75, 3.05) is 31.1 Å². The van der Waals surface area contributed by atoms with Gasteiger partial charge in [0.1, 0.15) is 11.8 Å². The zero-order chi connectivity index (χ0) is 28.9. The van der Waals surface area contributed by atoms with E-state index in [9.17, 15) is 14.7 Å². The number of aliphatic hydroxyl groups excluding tert-OH is 1. The second kappa shape index (κ2) is 12.9. The molecule has 5 rings (SSSR count). The molecule has 0 spiro atoms. The number of nitrogens with one attached hydrogen (secondary N) is 1. The molecule has 0 bridgehead atoms. The Hall–Kier alpha value is -3.62. The van der Waals surface area contributed by atoms with Crippen molar-refractivity contribution in [3.05, 3.63) is 78.1 Å². The van der Waals surface area contributed by atoms with Crippen LogP contribution < -0.4 is 10.2 Å². The van der Waals surface area contributed by atoms with Gasteiger partial charge in [0.2, 0.25) is 11.8 Å². The summed E-state index contributed by atoms with van der Waals surface area (Å²) in [6.45, 7) is 9.74. The number of furan rings is 1. The van der Waals surface area contributed by atoms with E-state index in [0.717, 1.165) is 42.8 Å². The number of anilines is 1. The Bertz CT molecular complexity index is 1300. The van der Waals surface area contributed by atoms with Crippen LogP contribution in [0.15, 0.2) is 71.3 Å². The summed E-state index contributed by atoms with van der Waals surface area (Å²) < 4.78 is 5.47. The standard InChI is InChI=1S/C33H42N4O4/c1-23(2)33(40)37-24(3)20-35(21-27-7-4-5-8-29(27)36-16-14-28(38)15-17-36)22-30(37)32(39)34-19-25-10-12-26(13-11-25)31-9-6-18-41-31/h4-13,18,23-24,28,30,38H,14-17,19-22H2,1-3H3,(H,34,39). The molecule has 2 atom stereocenters. The van der Waals surface area contributed by atoms with Crippen LogP contribution in [0.25, 0.3) is 11.3 Å². The molecular weight excluding hydrogens is 516 g/mol. The van der Waals surface area contributed by atoms with E-state index in [1.807, 2.05) is 57.2 Å². The quantitative estimate of drug-likeness (QED) is 0.429. The molecule has 2 amide bonds. The van der Waals surface area contributed by atoms with Gasteiger partial charge in [0.15, 0.2) is 0 Å². The number of nitrogens with zero attached hydrogens (tertiary/aromatic N) is 3. The van der Waals surface area contributed by atoms with E-state index in [1.165, 1.54) is 11.3 Å². The Morgan fingerprint density at radius 1 is 1.00 bits per heavy atom. The highest BCUT2D eigenvalue weighted by Crippen LogP contribution is 2.28. The smallest absolute Gasteiger partial charge is 0.244 e. The second-order valence-electron chi connectivity index (χ2n) is 11.7. The summed E-state index contributed by atoms with van der Waals surface area (Å²) >= 11 is 0. The average molecular weight is 559 g/mol. The van der Waals surface area contributed by atoms with Crippen LogP contribution in [-0.4, -0.2) is 71.1 Å². The summed E-state index contributed by atoms with van der Waals surface area (Å²) in [5.41, 5.74) is 4.36. The summed E-state index contributed by atoms with van der Waals surface area (Å²) in [5.74, 6) is 0.485. The summed E-state index contributed by atoms with van der Waals surface area (Å²) in [6, 6.07) is 19.5. The monoisotopic (exact) mass is 558 g/mol. The number of hydrogen-bond acceptors (Lipinski definition) is 6. The van der Waals surface area contributed by atoms with Crippen molar-refractivity contribution in [2.45, 2.75) is 64.9 Å². The van der Waals surface area contributed by atoms with E-state index in [-0.39, 0.29) is 29.9 Å². The highest BCUT2D eigenvalue weighted by Gasteiger charge is 2.40. The first-order chi connectivity index (χ1) is 19.8. The van der Waals surface area contributed by atoms with Crippen LogP contribution >= 0.6 is 0 Å². The molecule has 41 heavy (non-hydrogen) atoms. The third kappa shape index (κ3) is 6.82. The molecule has 3 heterocycles. The molecule has 2 N–H and O–H groups in total. The lowest BCUT2D eigenvalue weighted by Gasteiger charge is -2.46. The highest BCUT2D eigenvalue weighted by molar-refractivity contribution is 5.89. The minimum absolute atomic E-state index is 0.00683. The van der Waals surface area contributed by atoms with Crippen LogP contribution in [0.1, 0.15) is 44.7 Å². The molecule has 0 radical (unpaired) electrons. The number of amides is 2. The van der Waals surface area contributed by atoms with Crippen LogP contribution in [0.5, 0.6) is 0 Å². The average Bonchev–Trinajstić information content (AvgIpc) is 3.52. The van der Waals surface area contributed by atoms with Crippen molar-refractivity contribution in [1.29, 1.82) is 0 Å². The Morgan fingerprint density at radius 2 is 1.73 bits per heavy atom. The van der Waals surface area contributed by atoms with Crippen LogP contribution in [0.2, 0.25) is 0 Å². The summed E-state index contributed by atoms with van der Waals surface area (Å²) in [4.78, 5) is 33.4. The van der Waals surface area contributed by atoms with E-state index < -0.39 is 6.04 Å². The topological polar surface area (TPSA) is 89.3 Å². The molecule has 2 aliphatic heterocycles. The summed E-state index contributed by atoms with van der Waals surface area (Å²) in [6.07, 6.45) is 2.98. The third-order valence-corrected chi connectivity index (χ3v) is 8.23. The van der Waals surface area contributed by atoms with Gasteiger partial charge in [-0.15, -0.1) is 0 Å².